The number of carbonyl (C=O) groups excluding carboxylic acids is 1. The highest BCUT2D eigenvalue weighted by molar-refractivity contribution is 6.36. The van der Waals surface area contributed by atoms with Crippen LogP contribution in [-0.4, -0.2) is 46.9 Å². The molecule has 0 unspecified atom stereocenters. The summed E-state index contributed by atoms with van der Waals surface area (Å²) < 4.78 is 14.4. The molecule has 1 aromatic heterocycles. The molecule has 1 saturated heterocycles. The number of non-ortho nitro benzene ring substituents is 1. The molecule has 2 aromatic rings. The van der Waals surface area contributed by atoms with Crippen molar-refractivity contribution in [2.24, 2.45) is 0 Å². The zero-order chi connectivity index (χ0) is 19.7. The van der Waals surface area contributed by atoms with Gasteiger partial charge in [0.15, 0.2) is 0 Å². The highest BCUT2D eigenvalue weighted by Gasteiger charge is 2.27. The second-order valence-electron chi connectivity index (χ2n) is 6.12. The summed E-state index contributed by atoms with van der Waals surface area (Å²) in [6.45, 7) is 2.89. The maximum Gasteiger partial charge on any atom is 0.270 e. The number of benzene rings is 1. The van der Waals surface area contributed by atoms with Crippen LogP contribution in [-0.2, 0) is 0 Å². The van der Waals surface area contributed by atoms with E-state index in [1.54, 1.807) is 6.07 Å². The first-order chi connectivity index (χ1) is 12.8. The van der Waals surface area contributed by atoms with Crippen molar-refractivity contribution < 1.29 is 14.1 Å². The van der Waals surface area contributed by atoms with Crippen LogP contribution in [0.3, 0.4) is 0 Å². The molecular formula is C17H15Cl2FN4O3. The van der Waals surface area contributed by atoms with Gasteiger partial charge in [0, 0.05) is 44.5 Å². The molecule has 1 aliphatic heterocycles. The predicted octanol–water partition coefficient (Wildman–Crippen LogP) is 3.71. The Morgan fingerprint density at radius 2 is 1.89 bits per heavy atom. The summed E-state index contributed by atoms with van der Waals surface area (Å²) in [5.41, 5.74) is -0.547. The van der Waals surface area contributed by atoms with Crippen molar-refractivity contribution >= 4 is 40.6 Å². The molecule has 0 bridgehead atoms. The molecular weight excluding hydrogens is 398 g/mol. The Balaban J connectivity index is 1.76. The number of hydrogen-bond donors (Lipinski definition) is 0. The number of hydrogen-bond acceptors (Lipinski definition) is 5. The van der Waals surface area contributed by atoms with Crippen molar-refractivity contribution in [1.82, 2.24) is 9.88 Å². The zero-order valence-corrected chi connectivity index (χ0v) is 15.8. The van der Waals surface area contributed by atoms with E-state index in [2.05, 4.69) is 4.98 Å². The fourth-order valence-electron chi connectivity index (χ4n) is 2.94. The van der Waals surface area contributed by atoms with Crippen LogP contribution in [0.25, 0.3) is 0 Å². The Morgan fingerprint density at radius 3 is 2.48 bits per heavy atom. The quantitative estimate of drug-likeness (QED) is 0.566. The van der Waals surface area contributed by atoms with Crippen molar-refractivity contribution in [2.45, 2.75) is 6.92 Å². The van der Waals surface area contributed by atoms with Crippen LogP contribution < -0.4 is 4.90 Å². The monoisotopic (exact) mass is 412 g/mol. The van der Waals surface area contributed by atoms with Crippen molar-refractivity contribution in [3.8, 4) is 0 Å². The molecule has 1 amide bonds. The van der Waals surface area contributed by atoms with Gasteiger partial charge >= 0.3 is 0 Å². The van der Waals surface area contributed by atoms with Crippen molar-refractivity contribution in [3.05, 3.63) is 61.5 Å². The normalized spacial score (nSPS) is 14.4. The van der Waals surface area contributed by atoms with E-state index in [4.69, 9.17) is 23.2 Å². The van der Waals surface area contributed by atoms with E-state index in [0.29, 0.717) is 42.0 Å². The lowest BCUT2D eigenvalue weighted by Crippen LogP contribution is -2.49. The van der Waals surface area contributed by atoms with Crippen LogP contribution in [0.4, 0.5) is 15.9 Å². The van der Waals surface area contributed by atoms with Crippen LogP contribution in [0.2, 0.25) is 10.0 Å². The Bertz CT molecular complexity index is 917. The summed E-state index contributed by atoms with van der Waals surface area (Å²) in [6.07, 6.45) is 1.49. The van der Waals surface area contributed by atoms with Gasteiger partial charge in [0.2, 0.25) is 0 Å². The molecule has 1 aromatic carbocycles. The van der Waals surface area contributed by atoms with Gasteiger partial charge in [-0.15, -0.1) is 0 Å². The number of nitro benzene ring substituents is 1. The van der Waals surface area contributed by atoms with Gasteiger partial charge in [0.05, 0.1) is 20.5 Å². The number of rotatable bonds is 3. The molecule has 0 N–H and O–H groups in total. The molecule has 0 saturated carbocycles. The SMILES string of the molecule is Cc1cc([N+](=O)[O-])cc(C(=O)N2CCN(c3ncc(Cl)cc3Cl)CC2)c1F. The van der Waals surface area contributed by atoms with Crippen LogP contribution in [0.15, 0.2) is 24.4 Å². The Morgan fingerprint density at radius 1 is 1.22 bits per heavy atom. The molecule has 1 aliphatic rings. The van der Waals surface area contributed by atoms with E-state index >= 15 is 0 Å². The lowest BCUT2D eigenvalue weighted by Gasteiger charge is -2.35. The summed E-state index contributed by atoms with van der Waals surface area (Å²) in [4.78, 5) is 30.6. The smallest absolute Gasteiger partial charge is 0.270 e. The van der Waals surface area contributed by atoms with Gasteiger partial charge in [-0.25, -0.2) is 9.37 Å². The maximum atomic E-state index is 14.4. The number of nitro groups is 1. The minimum absolute atomic E-state index is 0.0586. The second kappa shape index (κ2) is 7.66. The Labute approximate surface area is 164 Å². The second-order valence-corrected chi connectivity index (χ2v) is 6.96. The highest BCUT2D eigenvalue weighted by atomic mass is 35.5. The maximum absolute atomic E-state index is 14.4. The minimum atomic E-state index is -0.740. The third kappa shape index (κ3) is 3.96. The average Bonchev–Trinajstić information content (AvgIpc) is 2.63. The van der Waals surface area contributed by atoms with Gasteiger partial charge in [0.1, 0.15) is 11.6 Å². The van der Waals surface area contributed by atoms with Gasteiger partial charge in [-0.05, 0) is 18.6 Å². The van der Waals surface area contributed by atoms with Crippen molar-refractivity contribution in [2.75, 3.05) is 31.1 Å². The van der Waals surface area contributed by atoms with Gasteiger partial charge in [-0.2, -0.15) is 0 Å². The number of nitrogens with zero attached hydrogens (tertiary/aromatic N) is 4. The first-order valence-corrected chi connectivity index (χ1v) is 8.83. The van der Waals surface area contributed by atoms with Crippen molar-refractivity contribution in [3.63, 3.8) is 0 Å². The Hall–Kier alpha value is -2.45. The van der Waals surface area contributed by atoms with Gasteiger partial charge < -0.3 is 9.80 Å². The predicted molar refractivity (Wildman–Crippen MR) is 100 cm³/mol. The molecule has 0 aliphatic carbocycles. The van der Waals surface area contributed by atoms with Crippen LogP contribution >= 0.6 is 23.2 Å². The number of piperazine rings is 1. The summed E-state index contributed by atoms with van der Waals surface area (Å²) in [6, 6.07) is 3.68. The largest absolute Gasteiger partial charge is 0.352 e. The number of carbonyl (C=O) groups is 1. The van der Waals surface area contributed by atoms with E-state index in [1.807, 2.05) is 4.90 Å². The summed E-state index contributed by atoms with van der Waals surface area (Å²) in [5.74, 6) is -0.755. The van der Waals surface area contributed by atoms with Crippen LogP contribution in [0.5, 0.6) is 0 Å². The number of pyridine rings is 1. The van der Waals surface area contributed by atoms with E-state index < -0.39 is 16.6 Å². The van der Waals surface area contributed by atoms with Gasteiger partial charge in [-0.3, -0.25) is 14.9 Å². The number of aryl methyl sites for hydroxylation is 1. The zero-order valence-electron chi connectivity index (χ0n) is 14.3. The standard InChI is InChI=1S/C17H15Cl2FN4O3/c1-10-6-12(24(26)27)8-13(15(10)20)17(25)23-4-2-22(3-5-23)16-14(19)7-11(18)9-21-16/h6-9H,2-5H2,1H3. The number of halogens is 3. The first-order valence-electron chi connectivity index (χ1n) is 8.07. The molecule has 0 radical (unpaired) electrons. The molecule has 7 nitrogen and oxygen atoms in total. The fraction of sp³-hybridized carbons (Fsp3) is 0.294. The fourth-order valence-corrected chi connectivity index (χ4v) is 3.44. The molecule has 142 valence electrons. The molecule has 3 rings (SSSR count). The van der Waals surface area contributed by atoms with E-state index in [9.17, 15) is 19.3 Å². The minimum Gasteiger partial charge on any atom is -0.352 e. The topological polar surface area (TPSA) is 79.6 Å². The average molecular weight is 413 g/mol. The number of anilines is 1. The summed E-state index contributed by atoms with van der Waals surface area (Å²) in [7, 11) is 0. The lowest BCUT2D eigenvalue weighted by atomic mass is 10.1. The lowest BCUT2D eigenvalue weighted by molar-refractivity contribution is -0.385. The molecule has 1 fully saturated rings. The summed E-state index contributed by atoms with van der Waals surface area (Å²) in [5, 5.41) is 11.8. The van der Waals surface area contributed by atoms with E-state index in [0.717, 1.165) is 12.1 Å². The van der Waals surface area contributed by atoms with Gasteiger partial charge in [0.25, 0.3) is 11.6 Å². The van der Waals surface area contributed by atoms with E-state index in [-0.39, 0.29) is 16.8 Å². The number of amides is 1. The van der Waals surface area contributed by atoms with E-state index in [1.165, 1.54) is 18.0 Å². The molecule has 27 heavy (non-hydrogen) atoms. The highest BCUT2D eigenvalue weighted by Crippen LogP contribution is 2.27. The third-order valence-electron chi connectivity index (χ3n) is 4.34. The summed E-state index contributed by atoms with van der Waals surface area (Å²) >= 11 is 12.0. The Kier molecular flexibility index (Phi) is 5.48. The van der Waals surface area contributed by atoms with Crippen LogP contribution in [0, 0.1) is 22.9 Å². The number of aromatic nitrogens is 1. The molecule has 0 atom stereocenters. The molecule has 10 heteroatoms. The molecule has 2 heterocycles. The van der Waals surface area contributed by atoms with Gasteiger partial charge in [-0.1, -0.05) is 23.2 Å². The van der Waals surface area contributed by atoms with Crippen molar-refractivity contribution in [1.29, 1.82) is 0 Å². The first kappa shape index (κ1) is 19.3. The molecule has 0 spiro atoms. The van der Waals surface area contributed by atoms with Crippen LogP contribution in [0.1, 0.15) is 15.9 Å². The third-order valence-corrected chi connectivity index (χ3v) is 4.82.